The Morgan fingerprint density at radius 2 is 2.12 bits per heavy atom. The van der Waals surface area contributed by atoms with Crippen LogP contribution < -0.4 is 0 Å². The third-order valence-corrected chi connectivity index (χ3v) is 5.42. The molecule has 0 saturated carbocycles. The van der Waals surface area contributed by atoms with E-state index in [1.54, 1.807) is 23.4 Å². The number of aliphatic carboxylic acids is 1. The summed E-state index contributed by atoms with van der Waals surface area (Å²) in [5.41, 5.74) is 1.79. The van der Waals surface area contributed by atoms with Crippen LogP contribution in [-0.2, 0) is 4.79 Å². The number of likely N-dealkylation sites (tertiary alicyclic amines) is 2. The molecule has 1 amide bonds. The van der Waals surface area contributed by atoms with Gasteiger partial charge >= 0.3 is 5.97 Å². The number of aryl methyl sites for hydroxylation is 1. The van der Waals surface area contributed by atoms with Gasteiger partial charge in [-0.15, -0.1) is 0 Å². The molecule has 2 fully saturated rings. The summed E-state index contributed by atoms with van der Waals surface area (Å²) in [5.74, 6) is -0.941. The maximum Gasteiger partial charge on any atom is 0.313 e. The summed E-state index contributed by atoms with van der Waals surface area (Å²) < 4.78 is 0. The number of pyridine rings is 1. The van der Waals surface area contributed by atoms with E-state index in [2.05, 4.69) is 16.0 Å². The Bertz CT molecular complexity index is 726. The third-order valence-electron chi connectivity index (χ3n) is 5.42. The van der Waals surface area contributed by atoms with Gasteiger partial charge in [-0.3, -0.25) is 19.5 Å². The van der Waals surface area contributed by atoms with Crippen LogP contribution in [0.25, 0.3) is 0 Å². The van der Waals surface area contributed by atoms with Crippen molar-refractivity contribution in [1.29, 1.82) is 0 Å². The van der Waals surface area contributed by atoms with Gasteiger partial charge in [-0.05, 0) is 32.4 Å². The fourth-order valence-corrected chi connectivity index (χ4v) is 3.94. The van der Waals surface area contributed by atoms with Crippen LogP contribution in [0.5, 0.6) is 0 Å². The lowest BCUT2D eigenvalue weighted by molar-refractivity contribution is -0.148. The third kappa shape index (κ3) is 3.18. The highest BCUT2D eigenvalue weighted by Crippen LogP contribution is 2.43. The number of carboxylic acid groups (broad SMARTS) is 1. The zero-order chi connectivity index (χ0) is 18.2. The summed E-state index contributed by atoms with van der Waals surface area (Å²) in [7, 11) is 0. The van der Waals surface area contributed by atoms with Crippen LogP contribution in [0, 0.1) is 18.3 Å². The average Bonchev–Trinajstić information content (AvgIpc) is 3.07. The number of carboxylic acids is 1. The SMILES string of the molecule is CC(C)=CCN1C[C@@H]2CN(C(=O)c3cnccc3C)C[C@]2(C(=O)O)C1. The zero-order valence-corrected chi connectivity index (χ0v) is 15.0. The van der Waals surface area contributed by atoms with Crippen molar-refractivity contribution < 1.29 is 14.7 Å². The van der Waals surface area contributed by atoms with Crippen molar-refractivity contribution in [2.24, 2.45) is 11.3 Å². The van der Waals surface area contributed by atoms with Crippen LogP contribution in [0.1, 0.15) is 29.8 Å². The van der Waals surface area contributed by atoms with E-state index in [1.165, 1.54) is 5.57 Å². The number of carbonyl (C=O) groups is 2. The largest absolute Gasteiger partial charge is 0.481 e. The lowest BCUT2D eigenvalue weighted by Crippen LogP contribution is -2.42. The second-order valence-corrected chi connectivity index (χ2v) is 7.51. The molecule has 2 aliphatic rings. The molecule has 0 spiro atoms. The first-order valence-electron chi connectivity index (χ1n) is 8.62. The Labute approximate surface area is 148 Å². The Balaban J connectivity index is 1.78. The summed E-state index contributed by atoms with van der Waals surface area (Å²) in [4.78, 5) is 32.8. The Morgan fingerprint density at radius 3 is 2.72 bits per heavy atom. The van der Waals surface area contributed by atoms with Gasteiger partial charge in [0, 0.05) is 51.0 Å². The second-order valence-electron chi connectivity index (χ2n) is 7.51. The van der Waals surface area contributed by atoms with Gasteiger partial charge in [-0.2, -0.15) is 0 Å². The van der Waals surface area contributed by atoms with E-state index < -0.39 is 11.4 Å². The smallest absolute Gasteiger partial charge is 0.313 e. The minimum atomic E-state index is -0.860. The fraction of sp³-hybridized carbons (Fsp3) is 0.526. The predicted octanol–water partition coefficient (Wildman–Crippen LogP) is 1.81. The van der Waals surface area contributed by atoms with Crippen molar-refractivity contribution in [2.75, 3.05) is 32.7 Å². The molecule has 2 atom stereocenters. The van der Waals surface area contributed by atoms with Gasteiger partial charge in [0.05, 0.1) is 5.56 Å². The van der Waals surface area contributed by atoms with Gasteiger partial charge in [0.15, 0.2) is 0 Å². The molecule has 134 valence electrons. The zero-order valence-electron chi connectivity index (χ0n) is 15.0. The Morgan fingerprint density at radius 1 is 1.36 bits per heavy atom. The van der Waals surface area contributed by atoms with Crippen LogP contribution >= 0.6 is 0 Å². The fourth-order valence-electron chi connectivity index (χ4n) is 3.94. The van der Waals surface area contributed by atoms with Crippen molar-refractivity contribution in [2.45, 2.75) is 20.8 Å². The summed E-state index contributed by atoms with van der Waals surface area (Å²) in [5, 5.41) is 9.90. The molecule has 2 saturated heterocycles. The molecular formula is C19H25N3O3. The lowest BCUT2D eigenvalue weighted by Gasteiger charge is -2.25. The summed E-state index contributed by atoms with van der Waals surface area (Å²) in [6, 6.07) is 1.80. The Kier molecular flexibility index (Phi) is 4.64. The van der Waals surface area contributed by atoms with E-state index in [4.69, 9.17) is 0 Å². The van der Waals surface area contributed by atoms with E-state index in [0.717, 1.165) is 12.1 Å². The van der Waals surface area contributed by atoms with Crippen molar-refractivity contribution >= 4 is 11.9 Å². The normalized spacial score (nSPS) is 25.7. The lowest BCUT2D eigenvalue weighted by atomic mass is 9.81. The standard InChI is InChI=1S/C19H25N3O3/c1-13(2)5-7-21-9-15-10-22(12-19(15,11-21)18(24)25)17(23)16-8-20-6-4-14(16)3/h4-6,8,15H,7,9-12H2,1-3H3,(H,24,25)/t15-,19-/m1/s1. The topological polar surface area (TPSA) is 73.7 Å². The van der Waals surface area contributed by atoms with Crippen LogP contribution in [0.2, 0.25) is 0 Å². The number of nitrogens with zero attached hydrogens (tertiary/aromatic N) is 3. The monoisotopic (exact) mass is 343 g/mol. The van der Waals surface area contributed by atoms with Gasteiger partial charge in [0.2, 0.25) is 0 Å². The maximum atomic E-state index is 12.8. The highest BCUT2D eigenvalue weighted by molar-refractivity contribution is 5.96. The number of amides is 1. The van der Waals surface area contributed by atoms with E-state index in [9.17, 15) is 14.7 Å². The molecule has 0 bridgehead atoms. The summed E-state index contributed by atoms with van der Waals surface area (Å²) in [6.07, 6.45) is 5.35. The van der Waals surface area contributed by atoms with Gasteiger partial charge in [-0.25, -0.2) is 0 Å². The van der Waals surface area contributed by atoms with Crippen LogP contribution in [0.4, 0.5) is 0 Å². The first-order chi connectivity index (χ1) is 11.8. The molecule has 1 aromatic heterocycles. The molecule has 3 rings (SSSR count). The van der Waals surface area contributed by atoms with Crippen LogP contribution in [0.3, 0.4) is 0 Å². The number of allylic oxidation sites excluding steroid dienone is 1. The first kappa shape index (κ1) is 17.6. The van der Waals surface area contributed by atoms with Crippen molar-refractivity contribution in [3.8, 4) is 0 Å². The molecule has 0 aromatic carbocycles. The quantitative estimate of drug-likeness (QED) is 0.844. The number of hydrogen-bond donors (Lipinski definition) is 1. The highest BCUT2D eigenvalue weighted by atomic mass is 16.4. The minimum Gasteiger partial charge on any atom is -0.481 e. The molecule has 2 aliphatic heterocycles. The minimum absolute atomic E-state index is 0.0310. The van der Waals surface area contributed by atoms with Gasteiger partial charge < -0.3 is 10.0 Å². The molecule has 6 nitrogen and oxygen atoms in total. The predicted molar refractivity (Wildman–Crippen MR) is 94.3 cm³/mol. The molecule has 25 heavy (non-hydrogen) atoms. The van der Waals surface area contributed by atoms with Crippen molar-refractivity contribution in [3.05, 3.63) is 41.2 Å². The molecule has 1 N–H and O–H groups in total. The van der Waals surface area contributed by atoms with Gasteiger partial charge in [0.1, 0.15) is 5.41 Å². The molecule has 3 heterocycles. The number of aromatic nitrogens is 1. The van der Waals surface area contributed by atoms with E-state index in [0.29, 0.717) is 25.2 Å². The molecular weight excluding hydrogens is 318 g/mol. The summed E-state index contributed by atoms with van der Waals surface area (Å²) in [6.45, 7) is 8.69. The van der Waals surface area contributed by atoms with Crippen LogP contribution in [-0.4, -0.2) is 64.5 Å². The summed E-state index contributed by atoms with van der Waals surface area (Å²) >= 11 is 0. The average molecular weight is 343 g/mol. The molecule has 1 aromatic rings. The van der Waals surface area contributed by atoms with Gasteiger partial charge in [-0.1, -0.05) is 11.6 Å². The Hall–Kier alpha value is -2.21. The van der Waals surface area contributed by atoms with E-state index >= 15 is 0 Å². The first-order valence-corrected chi connectivity index (χ1v) is 8.62. The maximum absolute atomic E-state index is 12.8. The molecule has 0 radical (unpaired) electrons. The molecule has 0 unspecified atom stereocenters. The number of fused-ring (bicyclic) bond motifs is 1. The van der Waals surface area contributed by atoms with Gasteiger partial charge in [0.25, 0.3) is 5.91 Å². The van der Waals surface area contributed by atoms with E-state index in [1.807, 2.05) is 20.8 Å². The molecule has 6 heteroatoms. The highest BCUT2D eigenvalue weighted by Gasteiger charge is 2.58. The number of hydrogen-bond acceptors (Lipinski definition) is 4. The van der Waals surface area contributed by atoms with Crippen molar-refractivity contribution in [3.63, 3.8) is 0 Å². The second kappa shape index (κ2) is 6.59. The van der Waals surface area contributed by atoms with Crippen molar-refractivity contribution in [1.82, 2.24) is 14.8 Å². The number of rotatable bonds is 4. The van der Waals surface area contributed by atoms with Crippen LogP contribution in [0.15, 0.2) is 30.1 Å². The van der Waals surface area contributed by atoms with E-state index in [-0.39, 0.29) is 18.4 Å². The number of carbonyl (C=O) groups excluding carboxylic acids is 1. The molecule has 0 aliphatic carbocycles.